The molecule has 1 aromatic carbocycles. The molecule has 0 aliphatic rings. The number of aryl methyl sites for hydroxylation is 1. The third-order valence-corrected chi connectivity index (χ3v) is 4.24. The lowest BCUT2D eigenvalue weighted by atomic mass is 10.1. The van der Waals surface area contributed by atoms with Crippen LogP contribution in [0.5, 0.6) is 0 Å². The monoisotopic (exact) mass is 311 g/mol. The third kappa shape index (κ3) is 3.13. The Morgan fingerprint density at radius 3 is 2.82 bits per heavy atom. The fraction of sp³-hybridized carbons (Fsp3) is 0.250. The molecule has 0 saturated heterocycles. The van der Waals surface area contributed by atoms with Gasteiger partial charge in [0.25, 0.3) is 0 Å². The second-order valence-electron chi connectivity index (χ2n) is 3.83. The molecule has 5 heteroatoms. The van der Waals surface area contributed by atoms with Gasteiger partial charge in [0.2, 0.25) is 0 Å². The van der Waals surface area contributed by atoms with Gasteiger partial charge >= 0.3 is 0 Å². The van der Waals surface area contributed by atoms with Crippen molar-refractivity contribution in [3.8, 4) is 0 Å². The number of hydrogen-bond donors (Lipinski definition) is 2. The summed E-state index contributed by atoms with van der Waals surface area (Å²) in [6, 6.07) is 8.17. The van der Waals surface area contributed by atoms with E-state index in [1.165, 1.54) is 0 Å². The first-order valence-corrected chi connectivity index (χ1v) is 6.99. The number of rotatable bonds is 4. The minimum atomic E-state index is 0.0797. The minimum absolute atomic E-state index is 0.0797. The molecule has 90 valence electrons. The fourth-order valence-corrected chi connectivity index (χ4v) is 3.07. The van der Waals surface area contributed by atoms with E-state index in [1.54, 1.807) is 11.3 Å². The highest BCUT2D eigenvalue weighted by molar-refractivity contribution is 9.10. The lowest BCUT2D eigenvalue weighted by Crippen LogP contribution is -2.29. The van der Waals surface area contributed by atoms with Crippen LogP contribution in [0, 0.1) is 6.92 Å². The van der Waals surface area contributed by atoms with Crippen LogP contribution in [-0.2, 0) is 6.42 Å². The maximum atomic E-state index is 5.63. The van der Waals surface area contributed by atoms with Crippen LogP contribution < -0.4 is 11.3 Å². The Labute approximate surface area is 113 Å². The second-order valence-corrected chi connectivity index (χ2v) is 5.62. The van der Waals surface area contributed by atoms with Crippen molar-refractivity contribution in [2.24, 2.45) is 5.84 Å². The average Bonchev–Trinajstić information content (AvgIpc) is 2.73. The summed E-state index contributed by atoms with van der Waals surface area (Å²) in [6.45, 7) is 2.00. The zero-order valence-electron chi connectivity index (χ0n) is 9.48. The predicted molar refractivity (Wildman–Crippen MR) is 74.8 cm³/mol. The van der Waals surface area contributed by atoms with Gasteiger partial charge in [-0.05, 0) is 18.6 Å². The van der Waals surface area contributed by atoms with Crippen molar-refractivity contribution in [2.45, 2.75) is 19.4 Å². The van der Waals surface area contributed by atoms with Gasteiger partial charge in [-0.3, -0.25) is 11.3 Å². The molecule has 0 spiro atoms. The molecule has 0 aliphatic heterocycles. The molecule has 1 atom stereocenters. The van der Waals surface area contributed by atoms with E-state index in [1.807, 2.05) is 25.1 Å². The topological polar surface area (TPSA) is 50.9 Å². The third-order valence-electron chi connectivity index (χ3n) is 2.53. The van der Waals surface area contributed by atoms with Gasteiger partial charge in [-0.2, -0.15) is 0 Å². The van der Waals surface area contributed by atoms with Crippen LogP contribution in [0.25, 0.3) is 0 Å². The highest BCUT2D eigenvalue weighted by atomic mass is 79.9. The number of halogens is 1. The molecule has 1 aromatic heterocycles. The predicted octanol–water partition coefficient (Wildman–Crippen LogP) is 2.96. The van der Waals surface area contributed by atoms with E-state index < -0.39 is 0 Å². The maximum absolute atomic E-state index is 5.63. The minimum Gasteiger partial charge on any atom is -0.271 e. The van der Waals surface area contributed by atoms with E-state index in [0.29, 0.717) is 0 Å². The van der Waals surface area contributed by atoms with Gasteiger partial charge in [-0.1, -0.05) is 34.1 Å². The highest BCUT2D eigenvalue weighted by Gasteiger charge is 2.14. The van der Waals surface area contributed by atoms with Crippen molar-refractivity contribution < 1.29 is 0 Å². The van der Waals surface area contributed by atoms with Crippen LogP contribution in [0.15, 0.2) is 34.1 Å². The molecular weight excluding hydrogens is 298 g/mol. The quantitative estimate of drug-likeness (QED) is 0.674. The standard InChI is InChI=1S/C12H14BrN3S/c1-8-7-17-12(15-8)6-11(16-14)9-4-2-3-5-10(9)13/h2-5,7,11,16H,6,14H2,1H3. The summed E-state index contributed by atoms with van der Waals surface area (Å²) in [5.74, 6) is 5.63. The Morgan fingerprint density at radius 1 is 1.47 bits per heavy atom. The van der Waals surface area contributed by atoms with E-state index in [4.69, 9.17) is 5.84 Å². The molecule has 2 rings (SSSR count). The number of hydrogen-bond acceptors (Lipinski definition) is 4. The van der Waals surface area contributed by atoms with Crippen molar-refractivity contribution in [2.75, 3.05) is 0 Å². The summed E-state index contributed by atoms with van der Waals surface area (Å²) < 4.78 is 1.07. The van der Waals surface area contributed by atoms with E-state index in [-0.39, 0.29) is 6.04 Å². The normalized spacial score (nSPS) is 12.6. The molecule has 0 radical (unpaired) electrons. The number of benzene rings is 1. The maximum Gasteiger partial charge on any atom is 0.0947 e. The molecule has 0 aliphatic carbocycles. The average molecular weight is 312 g/mol. The lowest BCUT2D eigenvalue weighted by Gasteiger charge is -2.16. The Bertz CT molecular complexity index is 498. The number of nitrogens with one attached hydrogen (secondary N) is 1. The first kappa shape index (κ1) is 12.7. The molecule has 0 bridgehead atoms. The van der Waals surface area contributed by atoms with E-state index in [2.05, 4.69) is 37.8 Å². The van der Waals surface area contributed by atoms with Crippen LogP contribution in [0.2, 0.25) is 0 Å². The Balaban J connectivity index is 2.20. The van der Waals surface area contributed by atoms with Crippen molar-refractivity contribution in [1.29, 1.82) is 0 Å². The second kappa shape index (κ2) is 5.73. The molecule has 3 nitrogen and oxygen atoms in total. The van der Waals surface area contributed by atoms with E-state index in [0.717, 1.165) is 27.2 Å². The van der Waals surface area contributed by atoms with Crippen molar-refractivity contribution in [3.63, 3.8) is 0 Å². The zero-order chi connectivity index (χ0) is 12.3. The van der Waals surface area contributed by atoms with Crippen LogP contribution in [0.3, 0.4) is 0 Å². The van der Waals surface area contributed by atoms with E-state index in [9.17, 15) is 0 Å². The molecule has 0 saturated carbocycles. The van der Waals surface area contributed by atoms with Crippen LogP contribution in [0.1, 0.15) is 22.3 Å². The van der Waals surface area contributed by atoms with Crippen LogP contribution in [0.4, 0.5) is 0 Å². The van der Waals surface area contributed by atoms with Crippen molar-refractivity contribution in [3.05, 3.63) is 50.4 Å². The van der Waals surface area contributed by atoms with Crippen LogP contribution in [-0.4, -0.2) is 4.98 Å². The number of nitrogens with two attached hydrogens (primary N) is 1. The Hall–Kier alpha value is -0.750. The summed E-state index contributed by atoms with van der Waals surface area (Å²) >= 11 is 5.22. The number of aromatic nitrogens is 1. The first-order valence-electron chi connectivity index (χ1n) is 5.32. The number of hydrazine groups is 1. The fourth-order valence-electron chi connectivity index (χ4n) is 1.69. The van der Waals surface area contributed by atoms with Crippen molar-refractivity contribution >= 4 is 27.3 Å². The number of thiazole rings is 1. The van der Waals surface area contributed by atoms with Gasteiger partial charge in [-0.25, -0.2) is 4.98 Å². The van der Waals surface area contributed by atoms with Gasteiger partial charge in [0, 0.05) is 22.0 Å². The first-order chi connectivity index (χ1) is 8.20. The van der Waals surface area contributed by atoms with E-state index >= 15 is 0 Å². The molecule has 17 heavy (non-hydrogen) atoms. The van der Waals surface area contributed by atoms with Crippen LogP contribution >= 0.6 is 27.3 Å². The Morgan fingerprint density at radius 2 is 2.24 bits per heavy atom. The van der Waals surface area contributed by atoms with Gasteiger partial charge < -0.3 is 0 Å². The smallest absolute Gasteiger partial charge is 0.0947 e. The van der Waals surface area contributed by atoms with Gasteiger partial charge in [0.1, 0.15) is 0 Å². The van der Waals surface area contributed by atoms with Gasteiger partial charge in [0.05, 0.1) is 11.0 Å². The highest BCUT2D eigenvalue weighted by Crippen LogP contribution is 2.26. The molecule has 0 amide bonds. The van der Waals surface area contributed by atoms with Gasteiger partial charge in [0.15, 0.2) is 0 Å². The molecule has 2 aromatic rings. The SMILES string of the molecule is Cc1csc(CC(NN)c2ccccc2Br)n1. The Kier molecular flexibility index (Phi) is 4.28. The lowest BCUT2D eigenvalue weighted by molar-refractivity contribution is 0.548. The molecule has 1 heterocycles. The van der Waals surface area contributed by atoms with Crippen molar-refractivity contribution in [1.82, 2.24) is 10.4 Å². The summed E-state index contributed by atoms with van der Waals surface area (Å²) in [5, 5.41) is 3.16. The summed E-state index contributed by atoms with van der Waals surface area (Å²) in [4.78, 5) is 4.46. The van der Waals surface area contributed by atoms with Gasteiger partial charge in [-0.15, -0.1) is 11.3 Å². The number of nitrogens with zero attached hydrogens (tertiary/aromatic N) is 1. The zero-order valence-corrected chi connectivity index (χ0v) is 11.9. The molecule has 1 unspecified atom stereocenters. The molecule has 3 N–H and O–H groups in total. The summed E-state index contributed by atoms with van der Waals surface area (Å²) in [7, 11) is 0. The largest absolute Gasteiger partial charge is 0.271 e. The summed E-state index contributed by atoms with van der Waals surface area (Å²) in [5.41, 5.74) is 5.07. The summed E-state index contributed by atoms with van der Waals surface area (Å²) in [6.07, 6.45) is 0.803. The molecular formula is C12H14BrN3S. The molecule has 0 fully saturated rings.